The number of carbonyl (C=O) groups is 4. The van der Waals surface area contributed by atoms with Crippen molar-refractivity contribution in [1.29, 1.82) is 0 Å². The van der Waals surface area contributed by atoms with Crippen LogP contribution < -0.4 is 10.6 Å². The topological polar surface area (TPSA) is 130 Å². The molecule has 4 atom stereocenters. The molecule has 3 N–H and O–H groups in total. The lowest BCUT2D eigenvalue weighted by molar-refractivity contribution is -0.150. The summed E-state index contributed by atoms with van der Waals surface area (Å²) in [5.74, 6) is -3.07. The van der Waals surface area contributed by atoms with E-state index >= 15 is 0 Å². The summed E-state index contributed by atoms with van der Waals surface area (Å²) in [4.78, 5) is 48.9. The fourth-order valence-corrected chi connectivity index (χ4v) is 7.23. The number of halogens is 1. The van der Waals surface area contributed by atoms with E-state index in [9.17, 15) is 28.5 Å². The summed E-state index contributed by atoms with van der Waals surface area (Å²) in [6.07, 6.45) is 3.35. The van der Waals surface area contributed by atoms with Crippen molar-refractivity contribution < 1.29 is 28.5 Å². The van der Waals surface area contributed by atoms with Crippen LogP contribution in [0.25, 0.3) is 0 Å². The smallest absolute Gasteiger partial charge is 0.374 e. The number of Topliss-reactive ketones (excluding diaryl/α,β-unsaturated/α-hetero) is 1. The van der Waals surface area contributed by atoms with Gasteiger partial charge in [0.1, 0.15) is 12.1 Å². The van der Waals surface area contributed by atoms with E-state index in [0.717, 1.165) is 25.0 Å². The fraction of sp³-hybridized carbons (Fsp3) is 0.565. The zero-order valence-electron chi connectivity index (χ0n) is 19.3. The van der Waals surface area contributed by atoms with E-state index in [1.807, 2.05) is 0 Å². The van der Waals surface area contributed by atoms with E-state index in [0.29, 0.717) is 17.0 Å². The molecular formula is C23H31ClN2O6S2. The van der Waals surface area contributed by atoms with Gasteiger partial charge < -0.3 is 15.7 Å². The van der Waals surface area contributed by atoms with Crippen LogP contribution in [0.15, 0.2) is 24.3 Å². The van der Waals surface area contributed by atoms with Crippen molar-refractivity contribution in [1.82, 2.24) is 10.6 Å². The Hall–Kier alpha value is -1.91. The number of unbranched alkanes of at least 4 members (excludes halogenated alkanes) is 1. The predicted octanol–water partition coefficient (Wildman–Crippen LogP) is 2.89. The summed E-state index contributed by atoms with van der Waals surface area (Å²) in [6.45, 7) is 3.51. The highest BCUT2D eigenvalue weighted by Crippen LogP contribution is 2.29. The molecule has 0 spiro atoms. The van der Waals surface area contributed by atoms with Crippen molar-refractivity contribution in [3.8, 4) is 0 Å². The van der Waals surface area contributed by atoms with Crippen LogP contribution in [0, 0.1) is 5.92 Å². The van der Waals surface area contributed by atoms with Crippen LogP contribution in [0.5, 0.6) is 0 Å². The van der Waals surface area contributed by atoms with E-state index in [1.165, 1.54) is 10.8 Å². The number of carboxylic acid groups (broad SMARTS) is 1. The van der Waals surface area contributed by atoms with Gasteiger partial charge in [-0.2, -0.15) is 0 Å². The van der Waals surface area contributed by atoms with Crippen molar-refractivity contribution in [2.24, 2.45) is 5.92 Å². The van der Waals surface area contributed by atoms with Crippen LogP contribution in [-0.4, -0.2) is 56.0 Å². The largest absolute Gasteiger partial charge is 0.475 e. The Kier molecular flexibility index (Phi) is 11.5. The van der Waals surface area contributed by atoms with Gasteiger partial charge in [-0.15, -0.1) is 0 Å². The lowest BCUT2D eigenvalue weighted by atomic mass is 9.99. The quantitative estimate of drug-likeness (QED) is 0.203. The SMILES string of the molecule is CC(C)[C@H](NC(=O)CCCCC1CCSS1=O)C(=O)N[C@@H](Cc1ccc(Cl)cc1)C(=O)C(=O)O. The van der Waals surface area contributed by atoms with E-state index in [2.05, 4.69) is 10.6 Å². The summed E-state index contributed by atoms with van der Waals surface area (Å²) in [7, 11) is 0.637. The lowest BCUT2D eigenvalue weighted by Crippen LogP contribution is -2.55. The average Bonchev–Trinajstić information content (AvgIpc) is 3.19. The molecule has 8 nitrogen and oxygen atoms in total. The first kappa shape index (κ1) is 28.3. The molecule has 1 aliphatic rings. The maximum atomic E-state index is 12.9. The number of ketones is 1. The monoisotopic (exact) mass is 530 g/mol. The summed E-state index contributed by atoms with van der Waals surface area (Å²) in [5, 5.41) is 15.1. The van der Waals surface area contributed by atoms with Gasteiger partial charge in [-0.1, -0.05) is 54.8 Å². The Morgan fingerprint density at radius 3 is 2.38 bits per heavy atom. The second kappa shape index (κ2) is 13.8. The molecule has 188 valence electrons. The highest BCUT2D eigenvalue weighted by molar-refractivity contribution is 8.69. The molecule has 1 saturated heterocycles. The highest BCUT2D eigenvalue weighted by atomic mass is 35.5. The zero-order chi connectivity index (χ0) is 25.3. The number of carbonyl (C=O) groups excluding carboxylic acids is 3. The molecule has 2 unspecified atom stereocenters. The minimum Gasteiger partial charge on any atom is -0.475 e. The van der Waals surface area contributed by atoms with Crippen molar-refractivity contribution in [2.45, 2.75) is 69.7 Å². The predicted molar refractivity (Wildman–Crippen MR) is 134 cm³/mol. The Morgan fingerprint density at radius 2 is 1.82 bits per heavy atom. The number of hydrogen-bond donors (Lipinski definition) is 3. The second-order valence-corrected chi connectivity index (χ2v) is 12.6. The normalized spacial score (nSPS) is 19.4. The number of benzene rings is 1. The van der Waals surface area contributed by atoms with Crippen LogP contribution in [-0.2, 0) is 35.4 Å². The molecule has 1 aromatic carbocycles. The van der Waals surface area contributed by atoms with Crippen LogP contribution >= 0.6 is 22.4 Å². The first-order valence-electron chi connectivity index (χ1n) is 11.2. The third-order valence-corrected chi connectivity index (χ3v) is 9.47. The molecule has 1 aromatic rings. The molecular weight excluding hydrogens is 500 g/mol. The van der Waals surface area contributed by atoms with E-state index in [-0.39, 0.29) is 29.9 Å². The van der Waals surface area contributed by atoms with Crippen LogP contribution in [0.1, 0.15) is 51.5 Å². The maximum Gasteiger partial charge on any atom is 0.374 e. The molecule has 34 heavy (non-hydrogen) atoms. The van der Waals surface area contributed by atoms with Gasteiger partial charge in [-0.3, -0.25) is 14.4 Å². The van der Waals surface area contributed by atoms with Gasteiger partial charge in [-0.05, 0) is 42.9 Å². The molecule has 1 fully saturated rings. The number of rotatable bonds is 13. The number of carboxylic acids is 1. The molecule has 2 rings (SSSR count). The Balaban J connectivity index is 1.93. The molecule has 1 aliphatic heterocycles. The number of amides is 2. The summed E-state index contributed by atoms with van der Waals surface area (Å²) >= 11 is 5.87. The van der Waals surface area contributed by atoms with E-state index in [1.54, 1.807) is 38.1 Å². The Morgan fingerprint density at radius 1 is 1.15 bits per heavy atom. The molecule has 0 aliphatic carbocycles. The number of hydrogen-bond acceptors (Lipinski definition) is 6. The van der Waals surface area contributed by atoms with Crippen LogP contribution in [0.2, 0.25) is 5.02 Å². The third kappa shape index (κ3) is 9.03. The molecule has 2 amide bonds. The lowest BCUT2D eigenvalue weighted by Gasteiger charge is -2.24. The molecule has 0 radical (unpaired) electrons. The van der Waals surface area contributed by atoms with Gasteiger partial charge in [0.05, 0.1) is 9.83 Å². The summed E-state index contributed by atoms with van der Waals surface area (Å²) in [5.41, 5.74) is 0.635. The maximum absolute atomic E-state index is 12.9. The summed E-state index contributed by atoms with van der Waals surface area (Å²) < 4.78 is 11.8. The number of aliphatic carboxylic acids is 1. The van der Waals surface area contributed by atoms with Gasteiger partial charge in [0.2, 0.25) is 11.8 Å². The van der Waals surface area contributed by atoms with Gasteiger partial charge in [0, 0.05) is 28.9 Å². The Bertz CT molecular complexity index is 909. The van der Waals surface area contributed by atoms with Gasteiger partial charge >= 0.3 is 5.97 Å². The van der Waals surface area contributed by atoms with Crippen LogP contribution in [0.3, 0.4) is 0 Å². The number of nitrogens with one attached hydrogen (secondary N) is 2. The van der Waals surface area contributed by atoms with Crippen molar-refractivity contribution in [3.63, 3.8) is 0 Å². The molecule has 0 aromatic heterocycles. The second-order valence-electron chi connectivity index (χ2n) is 8.59. The summed E-state index contributed by atoms with van der Waals surface area (Å²) in [6, 6.07) is 4.33. The molecule has 0 bridgehead atoms. The van der Waals surface area contributed by atoms with Crippen molar-refractivity contribution >= 4 is 55.8 Å². The van der Waals surface area contributed by atoms with Gasteiger partial charge in [0.15, 0.2) is 0 Å². The van der Waals surface area contributed by atoms with Gasteiger partial charge in [0.25, 0.3) is 5.78 Å². The fourth-order valence-electron chi connectivity index (χ4n) is 3.61. The van der Waals surface area contributed by atoms with Gasteiger partial charge in [-0.25, -0.2) is 9.00 Å². The minimum absolute atomic E-state index is 0.0202. The first-order chi connectivity index (χ1) is 16.1. The van der Waals surface area contributed by atoms with Crippen molar-refractivity contribution in [2.75, 3.05) is 5.75 Å². The highest BCUT2D eigenvalue weighted by Gasteiger charge is 2.31. The molecule has 11 heteroatoms. The zero-order valence-corrected chi connectivity index (χ0v) is 21.6. The minimum atomic E-state index is -1.65. The Labute approximate surface area is 210 Å². The first-order valence-corrected chi connectivity index (χ1v) is 14.3. The third-order valence-electron chi connectivity index (χ3n) is 5.55. The molecule has 0 saturated carbocycles. The van der Waals surface area contributed by atoms with Crippen LogP contribution in [0.4, 0.5) is 0 Å². The molecule has 1 heterocycles. The van der Waals surface area contributed by atoms with E-state index in [4.69, 9.17) is 11.6 Å². The van der Waals surface area contributed by atoms with Crippen molar-refractivity contribution in [3.05, 3.63) is 34.9 Å². The average molecular weight is 531 g/mol. The van der Waals surface area contributed by atoms with E-state index < -0.39 is 39.6 Å². The standard InChI is InChI=1S/C23H31ClN2O6S2/c1-14(2)20(26-19(27)6-4-3-5-17-11-12-33-34(17)32)22(29)25-18(21(28)23(30)31)13-15-7-9-16(24)10-8-15/h7-10,14,17-18,20H,3-6,11-13H2,1-2H3,(H,25,29)(H,26,27)(H,30,31)/t17?,18-,20-,34?/m0/s1.